The summed E-state index contributed by atoms with van der Waals surface area (Å²) in [5.41, 5.74) is 3.60. The van der Waals surface area contributed by atoms with Crippen LogP contribution in [0.2, 0.25) is 0 Å². The third-order valence-corrected chi connectivity index (χ3v) is 4.19. The van der Waals surface area contributed by atoms with E-state index in [1.165, 1.54) is 10.5 Å². The van der Waals surface area contributed by atoms with Crippen molar-refractivity contribution >= 4 is 29.3 Å². The van der Waals surface area contributed by atoms with Crippen LogP contribution in [0.4, 0.5) is 0 Å². The lowest BCUT2D eigenvalue weighted by atomic mass is 10.1. The number of carbonyl (C=O) groups is 1. The lowest BCUT2D eigenvalue weighted by Gasteiger charge is -2.10. The Hall–Kier alpha value is -2.66. The van der Waals surface area contributed by atoms with E-state index in [1.807, 2.05) is 36.4 Å². The van der Waals surface area contributed by atoms with Crippen molar-refractivity contribution in [3.8, 4) is 5.75 Å². The van der Waals surface area contributed by atoms with Gasteiger partial charge in [0.15, 0.2) is 5.11 Å². The monoisotopic (exact) mass is 338 g/mol. The van der Waals surface area contributed by atoms with E-state index in [9.17, 15) is 4.79 Å². The van der Waals surface area contributed by atoms with E-state index in [-0.39, 0.29) is 5.91 Å². The third-order valence-electron chi connectivity index (χ3n) is 3.82. The molecule has 4 nitrogen and oxygen atoms in total. The second-order valence-corrected chi connectivity index (χ2v) is 6.05. The molecule has 1 saturated heterocycles. The molecule has 1 aliphatic rings. The van der Waals surface area contributed by atoms with Crippen LogP contribution >= 0.6 is 12.2 Å². The first kappa shape index (κ1) is 16.2. The van der Waals surface area contributed by atoms with Gasteiger partial charge in [-0.1, -0.05) is 48.0 Å². The number of ether oxygens (including phenoxy) is 1. The quantitative estimate of drug-likeness (QED) is 0.686. The fourth-order valence-corrected chi connectivity index (χ4v) is 2.55. The summed E-state index contributed by atoms with van der Waals surface area (Å²) in [6.07, 6.45) is 1.77. The van der Waals surface area contributed by atoms with E-state index in [1.54, 1.807) is 13.1 Å². The molecule has 0 saturated carbocycles. The van der Waals surface area contributed by atoms with Crippen molar-refractivity contribution in [1.29, 1.82) is 0 Å². The van der Waals surface area contributed by atoms with Crippen molar-refractivity contribution < 1.29 is 9.53 Å². The van der Waals surface area contributed by atoms with Gasteiger partial charge >= 0.3 is 0 Å². The van der Waals surface area contributed by atoms with Crippen molar-refractivity contribution in [2.75, 3.05) is 7.05 Å². The molecular formula is C19H18N2O2S. The number of amides is 1. The molecule has 0 atom stereocenters. The maximum Gasteiger partial charge on any atom is 0.276 e. The summed E-state index contributed by atoms with van der Waals surface area (Å²) in [7, 11) is 1.65. The lowest BCUT2D eigenvalue weighted by Crippen LogP contribution is -2.25. The molecule has 2 aromatic carbocycles. The molecular weight excluding hydrogens is 320 g/mol. The molecule has 2 aromatic rings. The SMILES string of the molecule is Cc1ccc(COc2ccccc2/C=C2\NC(=S)N(C)C2=O)cc1. The van der Waals surface area contributed by atoms with Gasteiger partial charge in [-0.05, 0) is 36.8 Å². The van der Waals surface area contributed by atoms with Crippen LogP contribution in [0.15, 0.2) is 54.2 Å². The van der Waals surface area contributed by atoms with Crippen molar-refractivity contribution in [3.63, 3.8) is 0 Å². The Balaban J connectivity index is 1.79. The predicted molar refractivity (Wildman–Crippen MR) is 98.4 cm³/mol. The zero-order valence-corrected chi connectivity index (χ0v) is 14.4. The Morgan fingerprint density at radius 1 is 1.17 bits per heavy atom. The van der Waals surface area contributed by atoms with Gasteiger partial charge in [-0.2, -0.15) is 0 Å². The predicted octanol–water partition coefficient (Wildman–Crippen LogP) is 3.26. The Bertz CT molecular complexity index is 812. The van der Waals surface area contributed by atoms with Crippen molar-refractivity contribution in [1.82, 2.24) is 10.2 Å². The highest BCUT2D eigenvalue weighted by atomic mass is 32.1. The molecule has 3 rings (SSSR count). The number of para-hydroxylation sites is 1. The lowest BCUT2D eigenvalue weighted by molar-refractivity contribution is -0.121. The minimum absolute atomic E-state index is 0.145. The first-order valence-corrected chi connectivity index (χ1v) is 8.03. The first-order valence-electron chi connectivity index (χ1n) is 7.63. The topological polar surface area (TPSA) is 41.6 Å². The summed E-state index contributed by atoms with van der Waals surface area (Å²) in [5, 5.41) is 3.33. The maximum atomic E-state index is 12.1. The molecule has 1 fully saturated rings. The van der Waals surface area contributed by atoms with Crippen LogP contribution in [0.1, 0.15) is 16.7 Å². The fourth-order valence-electron chi connectivity index (χ4n) is 2.36. The maximum absolute atomic E-state index is 12.1. The summed E-state index contributed by atoms with van der Waals surface area (Å²) >= 11 is 5.09. The number of thiocarbonyl (C=S) groups is 1. The van der Waals surface area contributed by atoms with E-state index < -0.39 is 0 Å². The Labute approximate surface area is 146 Å². The number of hydrogen-bond donors (Lipinski definition) is 1. The molecule has 0 radical (unpaired) electrons. The molecule has 0 spiro atoms. The smallest absolute Gasteiger partial charge is 0.276 e. The third kappa shape index (κ3) is 3.46. The summed E-state index contributed by atoms with van der Waals surface area (Å²) in [6.45, 7) is 2.53. The first-order chi connectivity index (χ1) is 11.5. The van der Waals surface area contributed by atoms with Crippen molar-refractivity contribution in [3.05, 3.63) is 70.9 Å². The van der Waals surface area contributed by atoms with Crippen LogP contribution in [0.25, 0.3) is 6.08 Å². The largest absolute Gasteiger partial charge is 0.488 e. The molecule has 1 N–H and O–H groups in total. The Morgan fingerprint density at radius 3 is 2.54 bits per heavy atom. The summed E-state index contributed by atoms with van der Waals surface area (Å²) < 4.78 is 5.93. The zero-order valence-electron chi connectivity index (χ0n) is 13.6. The molecule has 24 heavy (non-hydrogen) atoms. The number of benzene rings is 2. The van der Waals surface area contributed by atoms with E-state index >= 15 is 0 Å². The molecule has 5 heteroatoms. The van der Waals surface area contributed by atoms with Gasteiger partial charge in [0.2, 0.25) is 0 Å². The molecule has 122 valence electrons. The number of nitrogens with zero attached hydrogens (tertiary/aromatic N) is 1. The van der Waals surface area contributed by atoms with Gasteiger partial charge in [-0.15, -0.1) is 0 Å². The Morgan fingerprint density at radius 2 is 1.88 bits per heavy atom. The molecule has 1 heterocycles. The van der Waals surface area contributed by atoms with Gasteiger partial charge in [-0.3, -0.25) is 9.69 Å². The fraction of sp³-hybridized carbons (Fsp3) is 0.158. The highest BCUT2D eigenvalue weighted by Crippen LogP contribution is 2.23. The molecule has 0 aromatic heterocycles. The molecule has 0 unspecified atom stereocenters. The molecule has 1 aliphatic heterocycles. The Kier molecular flexibility index (Phi) is 4.62. The van der Waals surface area contributed by atoms with Crippen LogP contribution in [0.3, 0.4) is 0 Å². The summed E-state index contributed by atoms with van der Waals surface area (Å²) in [4.78, 5) is 13.5. The van der Waals surface area contributed by atoms with Gasteiger partial charge in [-0.25, -0.2) is 0 Å². The highest BCUT2D eigenvalue weighted by molar-refractivity contribution is 7.80. The van der Waals surface area contributed by atoms with Gasteiger partial charge in [0.1, 0.15) is 18.1 Å². The highest BCUT2D eigenvalue weighted by Gasteiger charge is 2.27. The number of aryl methyl sites for hydroxylation is 1. The number of hydrogen-bond acceptors (Lipinski definition) is 3. The van der Waals surface area contributed by atoms with Gasteiger partial charge < -0.3 is 10.1 Å². The van der Waals surface area contributed by atoms with E-state index in [2.05, 4.69) is 24.4 Å². The zero-order chi connectivity index (χ0) is 17.1. The van der Waals surface area contributed by atoms with Crippen LogP contribution in [-0.2, 0) is 11.4 Å². The summed E-state index contributed by atoms with van der Waals surface area (Å²) in [5.74, 6) is 0.578. The second kappa shape index (κ2) is 6.84. The number of rotatable bonds is 4. The molecule has 1 amide bonds. The summed E-state index contributed by atoms with van der Waals surface area (Å²) in [6, 6.07) is 15.8. The molecule has 0 aliphatic carbocycles. The van der Waals surface area contributed by atoms with E-state index in [0.717, 1.165) is 16.9 Å². The van der Waals surface area contributed by atoms with Gasteiger partial charge in [0.05, 0.1) is 0 Å². The number of carbonyl (C=O) groups excluding carboxylic acids is 1. The minimum atomic E-state index is -0.145. The number of nitrogens with one attached hydrogen (secondary N) is 1. The van der Waals surface area contributed by atoms with Crippen molar-refractivity contribution in [2.24, 2.45) is 0 Å². The van der Waals surface area contributed by atoms with Crippen molar-refractivity contribution in [2.45, 2.75) is 13.5 Å². The van der Waals surface area contributed by atoms with Gasteiger partial charge in [0.25, 0.3) is 5.91 Å². The van der Waals surface area contributed by atoms with Crippen LogP contribution in [0.5, 0.6) is 5.75 Å². The average molecular weight is 338 g/mol. The van der Waals surface area contributed by atoms with Crippen LogP contribution in [-0.4, -0.2) is 23.0 Å². The van der Waals surface area contributed by atoms with E-state index in [0.29, 0.717) is 17.4 Å². The second-order valence-electron chi connectivity index (χ2n) is 5.66. The van der Waals surface area contributed by atoms with E-state index in [4.69, 9.17) is 17.0 Å². The minimum Gasteiger partial charge on any atom is -0.488 e. The molecule has 0 bridgehead atoms. The van der Waals surface area contributed by atoms with Crippen LogP contribution < -0.4 is 10.1 Å². The van der Waals surface area contributed by atoms with Gasteiger partial charge in [0, 0.05) is 12.6 Å². The van der Waals surface area contributed by atoms with Crippen LogP contribution in [0, 0.1) is 6.92 Å². The average Bonchev–Trinajstić information content (AvgIpc) is 2.82. The normalized spacial score (nSPS) is 15.8. The standard InChI is InChI=1S/C19H18N2O2S/c1-13-7-9-14(10-8-13)12-23-17-6-4-3-5-15(17)11-16-18(22)21(2)19(24)20-16/h3-11H,12H2,1-2H3,(H,20,24)/b16-11-. The number of likely N-dealkylation sites (N-methyl/N-ethyl adjacent to an activating group) is 1.